The molecular formula is C25H28ClNO6. The van der Waals surface area contributed by atoms with Crippen molar-refractivity contribution in [3.05, 3.63) is 77.9 Å². The van der Waals surface area contributed by atoms with Crippen LogP contribution in [0.15, 0.2) is 66.7 Å². The molecule has 0 aliphatic heterocycles. The number of halogens is 1. The van der Waals surface area contributed by atoms with Crippen molar-refractivity contribution in [1.82, 2.24) is 5.32 Å². The number of phenolic OH excluding ortho intramolecular Hbond substituents is 1. The van der Waals surface area contributed by atoms with E-state index in [1.807, 2.05) is 31.2 Å². The van der Waals surface area contributed by atoms with Crippen LogP contribution < -0.4 is 14.8 Å². The number of nitrogens with one attached hydrogen (secondary N) is 1. The molecule has 7 nitrogen and oxygen atoms in total. The summed E-state index contributed by atoms with van der Waals surface area (Å²) in [5, 5.41) is 32.0. The number of rotatable bonds is 11. The SMILES string of the molecule is CCOc1cc(-c2ccc(OCCNC[C@@H](O)c3cccc(O)c3)cc2)ccc1C(=O)O.Cl. The van der Waals surface area contributed by atoms with Crippen molar-refractivity contribution in [3.63, 3.8) is 0 Å². The van der Waals surface area contributed by atoms with Gasteiger partial charge in [0.1, 0.15) is 29.4 Å². The van der Waals surface area contributed by atoms with Crippen LogP contribution in [0.2, 0.25) is 0 Å². The molecule has 8 heteroatoms. The molecule has 0 saturated heterocycles. The maximum Gasteiger partial charge on any atom is 0.339 e. The number of hydrogen-bond donors (Lipinski definition) is 4. The van der Waals surface area contributed by atoms with Gasteiger partial charge in [-0.3, -0.25) is 0 Å². The molecule has 33 heavy (non-hydrogen) atoms. The summed E-state index contributed by atoms with van der Waals surface area (Å²) in [7, 11) is 0. The fourth-order valence-corrected chi connectivity index (χ4v) is 3.23. The summed E-state index contributed by atoms with van der Waals surface area (Å²) < 4.78 is 11.2. The summed E-state index contributed by atoms with van der Waals surface area (Å²) in [5.74, 6) is 0.153. The predicted molar refractivity (Wildman–Crippen MR) is 129 cm³/mol. The minimum atomic E-state index is -1.02. The fourth-order valence-electron chi connectivity index (χ4n) is 3.23. The monoisotopic (exact) mass is 473 g/mol. The second kappa shape index (κ2) is 12.7. The lowest BCUT2D eigenvalue weighted by Gasteiger charge is -2.13. The Kier molecular flexibility index (Phi) is 10.00. The molecule has 4 N–H and O–H groups in total. The van der Waals surface area contributed by atoms with Crippen LogP contribution >= 0.6 is 12.4 Å². The van der Waals surface area contributed by atoms with Crippen LogP contribution in [-0.4, -0.2) is 47.6 Å². The van der Waals surface area contributed by atoms with E-state index in [0.717, 1.165) is 11.1 Å². The quantitative estimate of drug-likeness (QED) is 0.308. The Hall–Kier alpha value is -3.26. The summed E-state index contributed by atoms with van der Waals surface area (Å²) in [6.45, 7) is 3.52. The minimum Gasteiger partial charge on any atom is -0.508 e. The summed E-state index contributed by atoms with van der Waals surface area (Å²) in [6.07, 6.45) is -0.713. The molecular weight excluding hydrogens is 446 g/mol. The topological polar surface area (TPSA) is 108 Å². The molecule has 176 valence electrons. The Morgan fingerprint density at radius 1 is 1.00 bits per heavy atom. The first-order chi connectivity index (χ1) is 15.5. The molecule has 0 heterocycles. The molecule has 0 bridgehead atoms. The molecule has 0 aromatic heterocycles. The van der Waals surface area contributed by atoms with Crippen molar-refractivity contribution in [2.24, 2.45) is 0 Å². The van der Waals surface area contributed by atoms with Crippen molar-refractivity contribution in [1.29, 1.82) is 0 Å². The van der Waals surface area contributed by atoms with Crippen LogP contribution in [0.1, 0.15) is 28.9 Å². The summed E-state index contributed by atoms with van der Waals surface area (Å²) in [6, 6.07) is 19.1. The van der Waals surface area contributed by atoms with Gasteiger partial charge >= 0.3 is 5.97 Å². The van der Waals surface area contributed by atoms with Gasteiger partial charge in [0.15, 0.2) is 0 Å². The number of benzene rings is 3. The standard InChI is InChI=1S/C25H27NO6.ClH/c1-2-31-24-15-18(8-11-22(24)25(29)30)17-6-9-21(10-7-17)32-13-12-26-16-23(28)19-4-3-5-20(27)14-19;/h3-11,14-15,23,26-28H,2,12-13,16H2,1H3,(H,29,30);1H/t23-;/m1./s1. The largest absolute Gasteiger partial charge is 0.508 e. The molecule has 0 spiro atoms. The van der Waals surface area contributed by atoms with Crippen LogP contribution in [0, 0.1) is 0 Å². The van der Waals surface area contributed by atoms with Gasteiger partial charge < -0.3 is 30.1 Å². The number of phenols is 1. The lowest BCUT2D eigenvalue weighted by molar-refractivity contribution is 0.0692. The molecule has 0 fully saturated rings. The van der Waals surface area contributed by atoms with Crippen molar-refractivity contribution in [2.45, 2.75) is 13.0 Å². The van der Waals surface area contributed by atoms with Crippen LogP contribution in [0.4, 0.5) is 0 Å². The van der Waals surface area contributed by atoms with Crippen LogP contribution in [0.5, 0.6) is 17.2 Å². The Balaban J connectivity index is 0.00000385. The number of aromatic hydroxyl groups is 1. The minimum absolute atomic E-state index is 0. The highest BCUT2D eigenvalue weighted by atomic mass is 35.5. The van der Waals surface area contributed by atoms with Crippen LogP contribution in [0.3, 0.4) is 0 Å². The van der Waals surface area contributed by atoms with E-state index in [1.54, 1.807) is 36.4 Å². The molecule has 0 amide bonds. The fraction of sp³-hybridized carbons (Fsp3) is 0.240. The molecule has 0 aliphatic rings. The zero-order valence-corrected chi connectivity index (χ0v) is 19.0. The predicted octanol–water partition coefficient (Wildman–Crippen LogP) is 4.28. The molecule has 0 unspecified atom stereocenters. The smallest absolute Gasteiger partial charge is 0.339 e. The Morgan fingerprint density at radius 3 is 2.39 bits per heavy atom. The van der Waals surface area contributed by atoms with Crippen molar-refractivity contribution >= 4 is 18.4 Å². The van der Waals surface area contributed by atoms with E-state index in [2.05, 4.69) is 5.32 Å². The van der Waals surface area contributed by atoms with Crippen molar-refractivity contribution in [2.75, 3.05) is 26.3 Å². The number of aliphatic hydroxyl groups is 1. The van der Waals surface area contributed by atoms with E-state index in [4.69, 9.17) is 9.47 Å². The molecule has 0 aliphatic carbocycles. The summed E-state index contributed by atoms with van der Waals surface area (Å²) in [5.41, 5.74) is 2.56. The number of ether oxygens (including phenoxy) is 2. The van der Waals surface area contributed by atoms with E-state index < -0.39 is 12.1 Å². The first-order valence-electron chi connectivity index (χ1n) is 10.4. The number of carbonyl (C=O) groups is 1. The Bertz CT molecular complexity index is 1040. The normalized spacial score (nSPS) is 11.3. The average Bonchev–Trinajstić information content (AvgIpc) is 2.79. The Labute approximate surface area is 199 Å². The zero-order valence-electron chi connectivity index (χ0n) is 18.2. The first kappa shape index (κ1) is 26.0. The molecule has 3 aromatic rings. The maximum atomic E-state index is 11.3. The number of carboxylic acid groups (broad SMARTS) is 1. The maximum absolute atomic E-state index is 11.3. The molecule has 1 atom stereocenters. The summed E-state index contributed by atoms with van der Waals surface area (Å²) in [4.78, 5) is 11.3. The number of hydrogen-bond acceptors (Lipinski definition) is 6. The number of aromatic carboxylic acids is 1. The zero-order chi connectivity index (χ0) is 22.9. The first-order valence-corrected chi connectivity index (χ1v) is 10.4. The van der Waals surface area contributed by atoms with Gasteiger partial charge in [0, 0.05) is 13.1 Å². The molecule has 3 rings (SSSR count). The van der Waals surface area contributed by atoms with Crippen LogP contribution in [0.25, 0.3) is 11.1 Å². The van der Waals surface area contributed by atoms with E-state index in [1.165, 1.54) is 6.07 Å². The van der Waals surface area contributed by atoms with E-state index in [-0.39, 0.29) is 23.7 Å². The number of aliphatic hydroxyl groups excluding tert-OH is 1. The van der Waals surface area contributed by atoms with E-state index >= 15 is 0 Å². The highest BCUT2D eigenvalue weighted by molar-refractivity contribution is 5.92. The Morgan fingerprint density at radius 2 is 1.73 bits per heavy atom. The lowest BCUT2D eigenvalue weighted by atomic mass is 10.0. The van der Waals surface area contributed by atoms with Crippen LogP contribution in [-0.2, 0) is 0 Å². The lowest BCUT2D eigenvalue weighted by Crippen LogP contribution is -2.26. The van der Waals surface area contributed by atoms with Gasteiger partial charge in [-0.1, -0.05) is 30.3 Å². The highest BCUT2D eigenvalue weighted by Gasteiger charge is 2.12. The third-order valence-electron chi connectivity index (χ3n) is 4.84. The third kappa shape index (κ3) is 7.39. The van der Waals surface area contributed by atoms with Crippen molar-refractivity contribution < 1.29 is 29.6 Å². The average molecular weight is 474 g/mol. The van der Waals surface area contributed by atoms with Crippen molar-refractivity contribution in [3.8, 4) is 28.4 Å². The second-order valence-corrected chi connectivity index (χ2v) is 7.14. The van der Waals surface area contributed by atoms with Gasteiger partial charge in [0.05, 0.1) is 12.7 Å². The van der Waals surface area contributed by atoms with Gasteiger partial charge in [0.25, 0.3) is 0 Å². The van der Waals surface area contributed by atoms with Gasteiger partial charge in [0.2, 0.25) is 0 Å². The third-order valence-corrected chi connectivity index (χ3v) is 4.84. The van der Waals surface area contributed by atoms with E-state index in [0.29, 0.717) is 43.4 Å². The van der Waals surface area contributed by atoms with Gasteiger partial charge in [-0.15, -0.1) is 12.4 Å². The molecule has 3 aromatic carbocycles. The highest BCUT2D eigenvalue weighted by Crippen LogP contribution is 2.29. The number of carboxylic acids is 1. The molecule has 0 saturated carbocycles. The molecule has 0 radical (unpaired) electrons. The van der Waals surface area contributed by atoms with Gasteiger partial charge in [-0.2, -0.15) is 0 Å². The van der Waals surface area contributed by atoms with Gasteiger partial charge in [-0.25, -0.2) is 4.79 Å². The summed E-state index contributed by atoms with van der Waals surface area (Å²) >= 11 is 0. The van der Waals surface area contributed by atoms with E-state index in [9.17, 15) is 20.1 Å². The van der Waals surface area contributed by atoms with Gasteiger partial charge in [-0.05, 0) is 60.0 Å². The second-order valence-electron chi connectivity index (χ2n) is 7.14.